The molecule has 94 valence electrons. The van der Waals surface area contributed by atoms with E-state index in [4.69, 9.17) is 11.6 Å². The van der Waals surface area contributed by atoms with Crippen LogP contribution in [0.5, 0.6) is 0 Å². The molecule has 0 unspecified atom stereocenters. The Morgan fingerprint density at radius 2 is 1.78 bits per heavy atom. The second kappa shape index (κ2) is 4.96. The Morgan fingerprint density at radius 1 is 1.11 bits per heavy atom. The molecule has 4 nitrogen and oxygen atoms in total. The maximum absolute atomic E-state index is 12.0. The fourth-order valence-corrected chi connectivity index (χ4v) is 2.47. The maximum atomic E-state index is 12.0. The van der Waals surface area contributed by atoms with Crippen LogP contribution in [0.25, 0.3) is 0 Å². The van der Waals surface area contributed by atoms with Gasteiger partial charge in [0.2, 0.25) is 0 Å². The maximum Gasteiger partial charge on any atom is 0.263 e. The standard InChI is InChI=1S/C12H11ClN2O2S/c1-9-2-4-10(5-3-9)15-18(16,17)11-6-7-12(13)14-8-11/h2-8,15H,1H3. The smallest absolute Gasteiger partial charge is 0.263 e. The Balaban J connectivity index is 2.27. The van der Waals surface area contributed by atoms with E-state index in [2.05, 4.69) is 9.71 Å². The van der Waals surface area contributed by atoms with Gasteiger partial charge in [-0.05, 0) is 31.2 Å². The third-order valence-electron chi connectivity index (χ3n) is 2.31. The molecule has 0 saturated heterocycles. The molecule has 1 heterocycles. The zero-order valence-corrected chi connectivity index (χ0v) is 11.2. The minimum absolute atomic E-state index is 0.0764. The van der Waals surface area contributed by atoms with Gasteiger partial charge in [0, 0.05) is 11.9 Å². The average molecular weight is 283 g/mol. The van der Waals surface area contributed by atoms with Crippen molar-refractivity contribution in [2.45, 2.75) is 11.8 Å². The molecule has 18 heavy (non-hydrogen) atoms. The molecule has 0 atom stereocenters. The second-order valence-corrected chi connectivity index (χ2v) is 5.86. The van der Waals surface area contributed by atoms with E-state index in [0.717, 1.165) is 5.56 Å². The summed E-state index contributed by atoms with van der Waals surface area (Å²) in [7, 11) is -3.61. The molecule has 2 rings (SSSR count). The first-order valence-electron chi connectivity index (χ1n) is 5.18. The molecule has 0 spiro atoms. The van der Waals surface area contributed by atoms with Gasteiger partial charge in [-0.2, -0.15) is 0 Å². The molecule has 0 radical (unpaired) electrons. The molecule has 0 fully saturated rings. The van der Waals surface area contributed by atoms with Crippen molar-refractivity contribution in [1.29, 1.82) is 0 Å². The van der Waals surface area contributed by atoms with Crippen LogP contribution in [0.4, 0.5) is 5.69 Å². The van der Waals surface area contributed by atoms with Crippen LogP contribution in [0.3, 0.4) is 0 Å². The lowest BCUT2D eigenvalue weighted by Gasteiger charge is -2.07. The molecule has 0 bridgehead atoms. The molecular formula is C12H11ClN2O2S. The van der Waals surface area contributed by atoms with E-state index in [9.17, 15) is 8.42 Å². The van der Waals surface area contributed by atoms with Crippen LogP contribution in [0.1, 0.15) is 5.56 Å². The van der Waals surface area contributed by atoms with Crippen molar-refractivity contribution in [2.24, 2.45) is 0 Å². The lowest BCUT2D eigenvalue weighted by atomic mass is 10.2. The molecule has 6 heteroatoms. The van der Waals surface area contributed by atoms with Gasteiger partial charge < -0.3 is 0 Å². The molecule has 0 aliphatic heterocycles. The summed E-state index contributed by atoms with van der Waals surface area (Å²) in [6, 6.07) is 9.92. The summed E-state index contributed by atoms with van der Waals surface area (Å²) in [5.41, 5.74) is 1.57. The number of anilines is 1. The number of halogens is 1. The van der Waals surface area contributed by atoms with Gasteiger partial charge in [-0.1, -0.05) is 29.3 Å². The van der Waals surface area contributed by atoms with Crippen LogP contribution < -0.4 is 4.72 Å². The molecule has 1 aromatic heterocycles. The Bertz CT molecular complexity index is 637. The van der Waals surface area contributed by atoms with Crippen molar-refractivity contribution < 1.29 is 8.42 Å². The van der Waals surface area contributed by atoms with Crippen LogP contribution >= 0.6 is 11.6 Å². The molecule has 0 amide bonds. The van der Waals surface area contributed by atoms with Gasteiger partial charge in [0.1, 0.15) is 10.0 Å². The van der Waals surface area contributed by atoms with E-state index >= 15 is 0 Å². The fourth-order valence-electron chi connectivity index (χ4n) is 1.36. The molecule has 0 aliphatic carbocycles. The molecule has 1 N–H and O–H groups in total. The van der Waals surface area contributed by atoms with Crippen molar-refractivity contribution in [3.63, 3.8) is 0 Å². The number of aromatic nitrogens is 1. The SMILES string of the molecule is Cc1ccc(NS(=O)(=O)c2ccc(Cl)nc2)cc1. The van der Waals surface area contributed by atoms with Crippen molar-refractivity contribution in [2.75, 3.05) is 4.72 Å². The average Bonchev–Trinajstić information content (AvgIpc) is 2.32. The molecule has 2 aromatic rings. The van der Waals surface area contributed by atoms with E-state index < -0.39 is 10.0 Å². The van der Waals surface area contributed by atoms with Crippen molar-refractivity contribution in [3.8, 4) is 0 Å². The zero-order valence-electron chi connectivity index (χ0n) is 9.59. The number of aryl methyl sites for hydroxylation is 1. The van der Waals surface area contributed by atoms with Gasteiger partial charge in [0.15, 0.2) is 0 Å². The van der Waals surface area contributed by atoms with Crippen molar-refractivity contribution >= 4 is 27.3 Å². The Labute approximate surface area is 111 Å². The van der Waals surface area contributed by atoms with Gasteiger partial charge in [-0.15, -0.1) is 0 Å². The Hall–Kier alpha value is -1.59. The van der Waals surface area contributed by atoms with Crippen molar-refractivity contribution in [3.05, 3.63) is 53.3 Å². The van der Waals surface area contributed by atoms with Crippen LogP contribution in [0.15, 0.2) is 47.5 Å². The normalized spacial score (nSPS) is 11.2. The van der Waals surface area contributed by atoms with Crippen LogP contribution in [-0.4, -0.2) is 13.4 Å². The number of pyridine rings is 1. The lowest BCUT2D eigenvalue weighted by molar-refractivity contribution is 0.601. The van der Waals surface area contributed by atoms with Crippen LogP contribution in [0, 0.1) is 6.92 Å². The third-order valence-corrected chi connectivity index (χ3v) is 3.90. The lowest BCUT2D eigenvalue weighted by Crippen LogP contribution is -2.13. The Kier molecular flexibility index (Phi) is 3.54. The van der Waals surface area contributed by atoms with E-state index in [1.807, 2.05) is 19.1 Å². The van der Waals surface area contributed by atoms with Gasteiger partial charge in [0.05, 0.1) is 0 Å². The number of nitrogens with one attached hydrogen (secondary N) is 1. The predicted molar refractivity (Wildman–Crippen MR) is 71.2 cm³/mol. The molecule has 1 aromatic carbocycles. The van der Waals surface area contributed by atoms with Crippen LogP contribution in [-0.2, 0) is 10.0 Å². The monoisotopic (exact) mass is 282 g/mol. The van der Waals surface area contributed by atoms with Gasteiger partial charge >= 0.3 is 0 Å². The zero-order chi connectivity index (χ0) is 13.2. The first-order valence-corrected chi connectivity index (χ1v) is 7.04. The van der Waals surface area contributed by atoms with E-state index in [1.54, 1.807) is 12.1 Å². The quantitative estimate of drug-likeness (QED) is 0.881. The largest absolute Gasteiger partial charge is 0.280 e. The first-order chi connectivity index (χ1) is 8.47. The molecular weight excluding hydrogens is 272 g/mol. The number of hydrogen-bond donors (Lipinski definition) is 1. The summed E-state index contributed by atoms with van der Waals surface area (Å²) in [5.74, 6) is 0. The van der Waals surface area contributed by atoms with Gasteiger partial charge in [-0.3, -0.25) is 4.72 Å². The highest BCUT2D eigenvalue weighted by Crippen LogP contribution is 2.16. The van der Waals surface area contributed by atoms with Gasteiger partial charge in [0.25, 0.3) is 10.0 Å². The van der Waals surface area contributed by atoms with Crippen molar-refractivity contribution in [1.82, 2.24) is 4.98 Å². The molecule has 0 saturated carbocycles. The van der Waals surface area contributed by atoms with E-state index in [0.29, 0.717) is 5.69 Å². The predicted octanol–water partition coefficient (Wildman–Crippen LogP) is 2.84. The number of hydrogen-bond acceptors (Lipinski definition) is 3. The van der Waals surface area contributed by atoms with E-state index in [1.165, 1.54) is 18.3 Å². The number of rotatable bonds is 3. The highest BCUT2D eigenvalue weighted by atomic mass is 35.5. The second-order valence-electron chi connectivity index (χ2n) is 3.79. The fraction of sp³-hybridized carbons (Fsp3) is 0.0833. The summed E-state index contributed by atoms with van der Waals surface area (Å²) in [5, 5.41) is 0.254. The first kappa shape index (κ1) is 12.9. The number of nitrogens with zero attached hydrogens (tertiary/aromatic N) is 1. The summed E-state index contributed by atoms with van der Waals surface area (Å²) in [4.78, 5) is 3.82. The summed E-state index contributed by atoms with van der Waals surface area (Å²) in [6.07, 6.45) is 1.22. The highest BCUT2D eigenvalue weighted by molar-refractivity contribution is 7.92. The topological polar surface area (TPSA) is 59.1 Å². The molecule has 0 aliphatic rings. The van der Waals surface area contributed by atoms with Crippen LogP contribution in [0.2, 0.25) is 5.15 Å². The minimum atomic E-state index is -3.61. The summed E-state index contributed by atoms with van der Waals surface area (Å²) in [6.45, 7) is 1.93. The minimum Gasteiger partial charge on any atom is -0.280 e. The summed E-state index contributed by atoms with van der Waals surface area (Å²) >= 11 is 5.61. The Morgan fingerprint density at radius 3 is 2.33 bits per heavy atom. The van der Waals surface area contributed by atoms with E-state index in [-0.39, 0.29) is 10.0 Å². The summed E-state index contributed by atoms with van der Waals surface area (Å²) < 4.78 is 26.5. The van der Waals surface area contributed by atoms with Gasteiger partial charge in [-0.25, -0.2) is 13.4 Å². The highest BCUT2D eigenvalue weighted by Gasteiger charge is 2.14. The number of benzene rings is 1. The third kappa shape index (κ3) is 3.00. The number of sulfonamides is 1.